The van der Waals surface area contributed by atoms with Crippen molar-refractivity contribution >= 4 is 32.3 Å². The van der Waals surface area contributed by atoms with Gasteiger partial charge in [0, 0.05) is 44.0 Å². The van der Waals surface area contributed by atoms with Crippen LogP contribution in [0.4, 0.5) is 10.9 Å². The Morgan fingerprint density at radius 3 is 2.48 bits per heavy atom. The zero-order valence-corrected chi connectivity index (χ0v) is 12.8. The lowest BCUT2D eigenvalue weighted by Gasteiger charge is -2.33. The average molecular weight is 325 g/mol. The zero-order valence-electron chi connectivity index (χ0n) is 11.2. The van der Waals surface area contributed by atoms with Crippen LogP contribution in [0.5, 0.6) is 0 Å². The van der Waals surface area contributed by atoms with E-state index in [4.69, 9.17) is 5.73 Å². The summed E-state index contributed by atoms with van der Waals surface area (Å²) in [5.41, 5.74) is 5.49. The number of anilines is 2. The van der Waals surface area contributed by atoms with E-state index >= 15 is 0 Å². The maximum Gasteiger partial charge on any atom is 0.244 e. The number of hydrogen-bond donors (Lipinski definition) is 1. The van der Waals surface area contributed by atoms with Gasteiger partial charge in [0.15, 0.2) is 5.13 Å². The van der Waals surface area contributed by atoms with Gasteiger partial charge in [0.2, 0.25) is 10.0 Å². The van der Waals surface area contributed by atoms with Crippen molar-refractivity contribution in [3.05, 3.63) is 29.9 Å². The molecular weight excluding hydrogens is 310 g/mol. The van der Waals surface area contributed by atoms with Gasteiger partial charge in [-0.05, 0) is 12.1 Å². The standard InChI is InChI=1S/C12H15N5O2S2/c13-11-2-1-10(9-15-11)21(18,19)17-6-4-16(5-7-17)12-14-3-8-20-12/h1-3,8-9H,4-7H2,(H2,13,15). The summed E-state index contributed by atoms with van der Waals surface area (Å²) in [7, 11) is -3.50. The molecule has 2 aromatic heterocycles. The Balaban J connectivity index is 1.72. The summed E-state index contributed by atoms with van der Waals surface area (Å²) < 4.78 is 26.5. The second kappa shape index (κ2) is 5.58. The van der Waals surface area contributed by atoms with Gasteiger partial charge >= 0.3 is 0 Å². The molecule has 0 atom stereocenters. The van der Waals surface area contributed by atoms with E-state index in [1.54, 1.807) is 17.5 Å². The number of thiazole rings is 1. The molecule has 1 aliphatic heterocycles. The summed E-state index contributed by atoms with van der Waals surface area (Å²) in [6, 6.07) is 2.99. The summed E-state index contributed by atoms with van der Waals surface area (Å²) in [6.07, 6.45) is 3.06. The molecule has 0 saturated carbocycles. The number of pyridine rings is 1. The highest BCUT2D eigenvalue weighted by molar-refractivity contribution is 7.89. The highest BCUT2D eigenvalue weighted by Crippen LogP contribution is 2.22. The van der Waals surface area contributed by atoms with Gasteiger partial charge in [-0.3, -0.25) is 0 Å². The van der Waals surface area contributed by atoms with Crippen LogP contribution in [0.2, 0.25) is 0 Å². The molecule has 0 bridgehead atoms. The minimum Gasteiger partial charge on any atom is -0.384 e. The summed E-state index contributed by atoms with van der Waals surface area (Å²) in [5.74, 6) is 0.308. The highest BCUT2D eigenvalue weighted by atomic mass is 32.2. The minimum atomic E-state index is -3.50. The quantitative estimate of drug-likeness (QED) is 0.890. The average Bonchev–Trinajstić information content (AvgIpc) is 3.02. The molecular formula is C12H15N5O2S2. The van der Waals surface area contributed by atoms with E-state index in [2.05, 4.69) is 14.9 Å². The van der Waals surface area contributed by atoms with E-state index in [1.807, 2.05) is 5.38 Å². The van der Waals surface area contributed by atoms with Crippen LogP contribution in [0.3, 0.4) is 0 Å². The molecule has 7 nitrogen and oxygen atoms in total. The first-order valence-corrected chi connectivity index (χ1v) is 8.75. The predicted molar refractivity (Wildman–Crippen MR) is 81.7 cm³/mol. The Bertz CT molecular complexity index is 692. The third-order valence-corrected chi connectivity index (χ3v) is 6.04. The van der Waals surface area contributed by atoms with E-state index in [-0.39, 0.29) is 4.90 Å². The zero-order chi connectivity index (χ0) is 14.9. The van der Waals surface area contributed by atoms with Gasteiger partial charge in [-0.1, -0.05) is 0 Å². The fourth-order valence-electron chi connectivity index (χ4n) is 2.19. The SMILES string of the molecule is Nc1ccc(S(=O)(=O)N2CCN(c3nccs3)CC2)cn1. The van der Waals surface area contributed by atoms with Gasteiger partial charge in [-0.25, -0.2) is 18.4 Å². The van der Waals surface area contributed by atoms with Crippen molar-refractivity contribution in [2.45, 2.75) is 4.90 Å². The molecule has 2 N–H and O–H groups in total. The molecule has 0 aromatic carbocycles. The molecule has 3 rings (SSSR count). The van der Waals surface area contributed by atoms with E-state index in [9.17, 15) is 8.42 Å². The minimum absolute atomic E-state index is 0.180. The van der Waals surface area contributed by atoms with Crippen LogP contribution in [-0.4, -0.2) is 48.9 Å². The van der Waals surface area contributed by atoms with E-state index in [1.165, 1.54) is 22.6 Å². The maximum absolute atomic E-state index is 12.5. The molecule has 0 amide bonds. The molecule has 1 saturated heterocycles. The monoisotopic (exact) mass is 325 g/mol. The van der Waals surface area contributed by atoms with Gasteiger partial charge in [0.25, 0.3) is 0 Å². The predicted octanol–water partition coefficient (Wildman–Crippen LogP) is 0.631. The van der Waals surface area contributed by atoms with Crippen LogP contribution < -0.4 is 10.6 Å². The lowest BCUT2D eigenvalue weighted by atomic mass is 10.4. The van der Waals surface area contributed by atoms with Crippen LogP contribution in [0.1, 0.15) is 0 Å². The summed E-state index contributed by atoms with van der Waals surface area (Å²) in [5, 5.41) is 2.85. The van der Waals surface area contributed by atoms with Crippen molar-refractivity contribution in [1.82, 2.24) is 14.3 Å². The molecule has 21 heavy (non-hydrogen) atoms. The van der Waals surface area contributed by atoms with Crippen LogP contribution >= 0.6 is 11.3 Å². The number of aromatic nitrogens is 2. The number of sulfonamides is 1. The Kier molecular flexibility index (Phi) is 3.79. The van der Waals surface area contributed by atoms with Gasteiger partial charge in [-0.15, -0.1) is 11.3 Å². The normalized spacial score (nSPS) is 17.0. The first kappa shape index (κ1) is 14.2. The number of piperazine rings is 1. The first-order valence-electron chi connectivity index (χ1n) is 6.43. The molecule has 112 valence electrons. The summed E-state index contributed by atoms with van der Waals surface area (Å²) >= 11 is 1.56. The third-order valence-electron chi connectivity index (χ3n) is 3.33. The van der Waals surface area contributed by atoms with Gasteiger partial charge in [0.05, 0.1) is 0 Å². The lowest BCUT2D eigenvalue weighted by molar-refractivity contribution is 0.384. The van der Waals surface area contributed by atoms with Crippen molar-refractivity contribution in [3.8, 4) is 0 Å². The molecule has 2 aromatic rings. The molecule has 9 heteroatoms. The number of rotatable bonds is 3. The van der Waals surface area contributed by atoms with Crippen LogP contribution in [-0.2, 0) is 10.0 Å². The van der Waals surface area contributed by atoms with Crippen molar-refractivity contribution in [3.63, 3.8) is 0 Å². The van der Waals surface area contributed by atoms with Crippen molar-refractivity contribution in [1.29, 1.82) is 0 Å². The van der Waals surface area contributed by atoms with Gasteiger partial charge in [0.1, 0.15) is 10.7 Å². The molecule has 0 spiro atoms. The van der Waals surface area contributed by atoms with Crippen molar-refractivity contribution in [2.24, 2.45) is 0 Å². The van der Waals surface area contributed by atoms with Crippen molar-refractivity contribution in [2.75, 3.05) is 36.8 Å². The fourth-order valence-corrected chi connectivity index (χ4v) is 4.25. The summed E-state index contributed by atoms with van der Waals surface area (Å²) in [4.78, 5) is 10.4. The van der Waals surface area contributed by atoms with E-state index < -0.39 is 10.0 Å². The van der Waals surface area contributed by atoms with Gasteiger partial charge < -0.3 is 10.6 Å². The Morgan fingerprint density at radius 2 is 1.90 bits per heavy atom. The molecule has 1 fully saturated rings. The van der Waals surface area contributed by atoms with Crippen molar-refractivity contribution < 1.29 is 8.42 Å². The molecule has 0 aliphatic carbocycles. The lowest BCUT2D eigenvalue weighted by Crippen LogP contribution is -2.48. The van der Waals surface area contributed by atoms with Crippen LogP contribution in [0.15, 0.2) is 34.8 Å². The molecule has 1 aliphatic rings. The molecule has 3 heterocycles. The molecule has 0 unspecified atom stereocenters. The Morgan fingerprint density at radius 1 is 1.14 bits per heavy atom. The Hall–Kier alpha value is -1.71. The summed E-state index contributed by atoms with van der Waals surface area (Å²) in [6.45, 7) is 2.14. The number of nitrogens with two attached hydrogens (primary N) is 1. The first-order chi connectivity index (χ1) is 10.1. The third kappa shape index (κ3) is 2.85. The van der Waals surface area contributed by atoms with E-state index in [0.717, 1.165) is 5.13 Å². The number of nitrogens with zero attached hydrogens (tertiary/aromatic N) is 4. The second-order valence-electron chi connectivity index (χ2n) is 4.62. The van der Waals surface area contributed by atoms with Gasteiger partial charge in [-0.2, -0.15) is 4.31 Å². The number of hydrogen-bond acceptors (Lipinski definition) is 7. The fraction of sp³-hybridized carbons (Fsp3) is 0.333. The second-order valence-corrected chi connectivity index (χ2v) is 7.44. The molecule has 0 radical (unpaired) electrons. The number of nitrogen functional groups attached to an aromatic ring is 1. The van der Waals surface area contributed by atoms with Crippen LogP contribution in [0, 0.1) is 0 Å². The van der Waals surface area contributed by atoms with E-state index in [0.29, 0.717) is 32.0 Å². The highest BCUT2D eigenvalue weighted by Gasteiger charge is 2.29. The Labute approximate surface area is 127 Å². The topological polar surface area (TPSA) is 92.4 Å². The van der Waals surface area contributed by atoms with Crippen LogP contribution in [0.25, 0.3) is 0 Å². The maximum atomic E-state index is 12.5. The smallest absolute Gasteiger partial charge is 0.244 e. The largest absolute Gasteiger partial charge is 0.384 e.